The first-order chi connectivity index (χ1) is 10.1. The molecule has 21 heavy (non-hydrogen) atoms. The van der Waals surface area contributed by atoms with Gasteiger partial charge in [-0.1, -0.05) is 26.0 Å². The van der Waals surface area contributed by atoms with E-state index in [0.717, 1.165) is 13.0 Å². The second-order valence-corrected chi connectivity index (χ2v) is 6.73. The summed E-state index contributed by atoms with van der Waals surface area (Å²) >= 11 is 0. The van der Waals surface area contributed by atoms with E-state index in [0.29, 0.717) is 23.8 Å². The number of likely N-dealkylation sites (tertiary alicyclic amines) is 1. The molecule has 2 rings (SSSR count). The van der Waals surface area contributed by atoms with Gasteiger partial charge in [0.1, 0.15) is 5.75 Å². The Morgan fingerprint density at radius 2 is 1.71 bits per heavy atom. The van der Waals surface area contributed by atoms with Crippen LogP contribution in [0.4, 0.5) is 0 Å². The highest BCUT2D eigenvalue weighted by atomic mass is 16.3. The Morgan fingerprint density at radius 1 is 1.10 bits per heavy atom. The quantitative estimate of drug-likeness (QED) is 0.810. The smallest absolute Gasteiger partial charge is 0.115 e. The predicted octanol–water partition coefficient (Wildman–Crippen LogP) is 3.03. The maximum atomic E-state index is 9.33. The second-order valence-electron chi connectivity index (χ2n) is 6.73. The average Bonchev–Trinajstić information content (AvgIpc) is 2.95. The van der Waals surface area contributed by atoms with Crippen LogP contribution < -0.4 is 5.32 Å². The van der Waals surface area contributed by atoms with E-state index in [1.54, 1.807) is 12.1 Å². The van der Waals surface area contributed by atoms with Gasteiger partial charge in [0.15, 0.2) is 0 Å². The van der Waals surface area contributed by atoms with Gasteiger partial charge < -0.3 is 10.4 Å². The molecule has 2 atom stereocenters. The molecule has 1 aromatic rings. The van der Waals surface area contributed by atoms with E-state index in [4.69, 9.17) is 0 Å². The molecule has 2 unspecified atom stereocenters. The lowest BCUT2D eigenvalue weighted by Gasteiger charge is -2.32. The van der Waals surface area contributed by atoms with Crippen LogP contribution in [0.5, 0.6) is 5.75 Å². The van der Waals surface area contributed by atoms with E-state index in [-0.39, 0.29) is 0 Å². The molecule has 0 aliphatic carbocycles. The van der Waals surface area contributed by atoms with Crippen LogP contribution in [0, 0.1) is 5.92 Å². The monoisotopic (exact) mass is 290 g/mol. The number of nitrogens with zero attached hydrogens (tertiary/aromatic N) is 1. The van der Waals surface area contributed by atoms with Crippen LogP contribution in [0.3, 0.4) is 0 Å². The van der Waals surface area contributed by atoms with Gasteiger partial charge >= 0.3 is 0 Å². The van der Waals surface area contributed by atoms with Gasteiger partial charge in [0, 0.05) is 18.6 Å². The van der Waals surface area contributed by atoms with Crippen LogP contribution in [0.15, 0.2) is 24.3 Å². The second kappa shape index (κ2) is 7.81. The molecule has 0 aromatic heterocycles. The molecule has 1 heterocycles. The van der Waals surface area contributed by atoms with Crippen molar-refractivity contribution in [2.75, 3.05) is 19.6 Å². The number of phenolic OH excluding ortho intramolecular Hbond substituents is 1. The molecule has 1 fully saturated rings. The van der Waals surface area contributed by atoms with Crippen molar-refractivity contribution in [3.8, 4) is 5.75 Å². The summed E-state index contributed by atoms with van der Waals surface area (Å²) in [7, 11) is 0. The van der Waals surface area contributed by atoms with Crippen LogP contribution in [0.2, 0.25) is 0 Å². The molecule has 3 heteroatoms. The predicted molar refractivity (Wildman–Crippen MR) is 88.7 cm³/mol. The van der Waals surface area contributed by atoms with Crippen molar-refractivity contribution in [2.45, 2.75) is 52.1 Å². The van der Waals surface area contributed by atoms with Crippen LogP contribution in [0.1, 0.15) is 39.2 Å². The normalized spacial score (nSPS) is 19.0. The Balaban J connectivity index is 1.80. The lowest BCUT2D eigenvalue weighted by Crippen LogP contribution is -2.46. The summed E-state index contributed by atoms with van der Waals surface area (Å²) < 4.78 is 0. The maximum absolute atomic E-state index is 9.33. The van der Waals surface area contributed by atoms with Crippen molar-refractivity contribution in [3.05, 3.63) is 29.8 Å². The van der Waals surface area contributed by atoms with E-state index in [2.05, 4.69) is 31.0 Å². The third-order valence-corrected chi connectivity index (χ3v) is 4.53. The number of nitrogens with one attached hydrogen (secondary N) is 1. The van der Waals surface area contributed by atoms with Crippen molar-refractivity contribution in [1.29, 1.82) is 0 Å². The zero-order chi connectivity index (χ0) is 15.2. The zero-order valence-electron chi connectivity index (χ0n) is 13.7. The van der Waals surface area contributed by atoms with Gasteiger partial charge in [-0.05, 0) is 62.9 Å². The molecule has 1 saturated heterocycles. The Bertz CT molecular complexity index is 410. The first kappa shape index (κ1) is 16.3. The van der Waals surface area contributed by atoms with Crippen molar-refractivity contribution in [2.24, 2.45) is 5.92 Å². The summed E-state index contributed by atoms with van der Waals surface area (Å²) in [6, 6.07) is 8.65. The summed E-state index contributed by atoms with van der Waals surface area (Å²) in [6.07, 6.45) is 3.71. The third-order valence-electron chi connectivity index (χ3n) is 4.53. The molecule has 0 radical (unpaired) electrons. The summed E-state index contributed by atoms with van der Waals surface area (Å²) in [5.74, 6) is 1.03. The summed E-state index contributed by atoms with van der Waals surface area (Å²) in [5, 5.41) is 13.0. The van der Waals surface area contributed by atoms with Crippen LogP contribution >= 0.6 is 0 Å². The Kier molecular flexibility index (Phi) is 6.07. The van der Waals surface area contributed by atoms with Gasteiger partial charge in [-0.15, -0.1) is 0 Å². The minimum Gasteiger partial charge on any atom is -0.508 e. The molecule has 0 saturated carbocycles. The first-order valence-corrected chi connectivity index (χ1v) is 8.31. The lowest BCUT2D eigenvalue weighted by atomic mass is 10.0. The average molecular weight is 290 g/mol. The number of benzene rings is 1. The van der Waals surface area contributed by atoms with E-state index in [1.807, 2.05) is 12.1 Å². The topological polar surface area (TPSA) is 35.5 Å². The summed E-state index contributed by atoms with van der Waals surface area (Å²) in [5.41, 5.74) is 1.27. The fourth-order valence-corrected chi connectivity index (χ4v) is 3.24. The molecular weight excluding hydrogens is 260 g/mol. The Labute approximate surface area is 129 Å². The molecule has 1 aromatic carbocycles. The van der Waals surface area contributed by atoms with Gasteiger partial charge in [-0.2, -0.15) is 0 Å². The van der Waals surface area contributed by atoms with Gasteiger partial charge in [0.05, 0.1) is 0 Å². The number of aromatic hydroxyl groups is 1. The molecular formula is C18H30N2O. The molecule has 118 valence electrons. The molecule has 1 aliphatic heterocycles. The first-order valence-electron chi connectivity index (χ1n) is 8.31. The highest BCUT2D eigenvalue weighted by Gasteiger charge is 2.24. The highest BCUT2D eigenvalue weighted by Crippen LogP contribution is 2.17. The number of hydrogen-bond donors (Lipinski definition) is 2. The number of phenols is 1. The van der Waals surface area contributed by atoms with Gasteiger partial charge in [-0.25, -0.2) is 0 Å². The minimum atomic E-state index is 0.341. The summed E-state index contributed by atoms with van der Waals surface area (Å²) in [4.78, 5) is 2.64. The summed E-state index contributed by atoms with van der Waals surface area (Å²) in [6.45, 7) is 10.5. The van der Waals surface area contributed by atoms with Crippen molar-refractivity contribution in [1.82, 2.24) is 10.2 Å². The number of rotatable bonds is 7. The minimum absolute atomic E-state index is 0.341. The van der Waals surface area contributed by atoms with Crippen LogP contribution in [0.25, 0.3) is 0 Å². The van der Waals surface area contributed by atoms with E-state index in [1.165, 1.54) is 31.5 Å². The molecule has 1 aliphatic rings. The largest absolute Gasteiger partial charge is 0.508 e. The number of hydrogen-bond acceptors (Lipinski definition) is 3. The standard InChI is InChI=1S/C18H30N2O/c1-14(2)18(20-10-4-5-11-20)13-19-15(3)12-16-6-8-17(21)9-7-16/h6-9,14-15,18-19,21H,4-5,10-13H2,1-3H3. The van der Waals surface area contributed by atoms with Crippen LogP contribution in [-0.2, 0) is 6.42 Å². The Hall–Kier alpha value is -1.06. The van der Waals surface area contributed by atoms with Gasteiger partial charge in [0.25, 0.3) is 0 Å². The van der Waals surface area contributed by atoms with Crippen molar-refractivity contribution < 1.29 is 5.11 Å². The Morgan fingerprint density at radius 3 is 2.29 bits per heavy atom. The SMILES string of the molecule is CC(Cc1ccc(O)cc1)NCC(C(C)C)N1CCCC1. The molecule has 0 spiro atoms. The molecule has 3 nitrogen and oxygen atoms in total. The van der Waals surface area contributed by atoms with E-state index >= 15 is 0 Å². The third kappa shape index (κ3) is 5.01. The molecule has 0 bridgehead atoms. The van der Waals surface area contributed by atoms with Crippen LogP contribution in [-0.4, -0.2) is 41.7 Å². The maximum Gasteiger partial charge on any atom is 0.115 e. The fraction of sp³-hybridized carbons (Fsp3) is 0.667. The van der Waals surface area contributed by atoms with E-state index in [9.17, 15) is 5.11 Å². The molecule has 2 N–H and O–H groups in total. The van der Waals surface area contributed by atoms with Gasteiger partial charge in [-0.3, -0.25) is 4.90 Å². The molecule has 0 amide bonds. The van der Waals surface area contributed by atoms with Crippen molar-refractivity contribution in [3.63, 3.8) is 0 Å². The van der Waals surface area contributed by atoms with E-state index < -0.39 is 0 Å². The zero-order valence-corrected chi connectivity index (χ0v) is 13.7. The van der Waals surface area contributed by atoms with Gasteiger partial charge in [0.2, 0.25) is 0 Å². The fourth-order valence-electron chi connectivity index (χ4n) is 3.24. The lowest BCUT2D eigenvalue weighted by molar-refractivity contribution is 0.183. The van der Waals surface area contributed by atoms with Crippen molar-refractivity contribution >= 4 is 0 Å². The highest BCUT2D eigenvalue weighted by molar-refractivity contribution is 5.26.